The lowest BCUT2D eigenvalue weighted by molar-refractivity contribution is 0.340. The summed E-state index contributed by atoms with van der Waals surface area (Å²) in [4.78, 5) is 6.84. The van der Waals surface area contributed by atoms with E-state index < -0.39 is 0 Å². The largest absolute Gasteiger partial charge is 0.494 e. The van der Waals surface area contributed by atoms with Crippen LogP contribution in [0.3, 0.4) is 0 Å². The number of aromatic nitrogens is 2. The van der Waals surface area contributed by atoms with Crippen molar-refractivity contribution in [2.24, 2.45) is 0 Å². The lowest BCUT2D eigenvalue weighted by Gasteiger charge is -2.37. The highest BCUT2D eigenvalue weighted by atomic mass is 32.1. The molecule has 0 amide bonds. The van der Waals surface area contributed by atoms with Crippen molar-refractivity contribution in [1.82, 2.24) is 15.5 Å². The molecule has 0 bridgehead atoms. The molecule has 1 aliphatic heterocycles. The highest BCUT2D eigenvalue weighted by Crippen LogP contribution is 2.39. The third-order valence-corrected chi connectivity index (χ3v) is 6.54. The first-order valence-corrected chi connectivity index (χ1v) is 12.4. The number of anilines is 1. The average Bonchev–Trinajstić information content (AvgIpc) is 3.35. The Hall–Kier alpha value is -3.97. The normalized spacial score (nSPS) is 15.7. The summed E-state index contributed by atoms with van der Waals surface area (Å²) in [6.45, 7) is 8.77. The van der Waals surface area contributed by atoms with E-state index in [1.807, 2.05) is 55.1 Å². The molecule has 0 fully saturated rings. The molecule has 36 heavy (non-hydrogen) atoms. The average molecular weight is 497 g/mol. The molecule has 0 spiro atoms. The molecule has 7 heteroatoms. The summed E-state index contributed by atoms with van der Waals surface area (Å²) in [6.07, 6.45) is 0. The molecule has 5 rings (SSSR count). The number of nitrogens with zero attached hydrogens (tertiary/aromatic N) is 3. The second-order valence-electron chi connectivity index (χ2n) is 8.85. The van der Waals surface area contributed by atoms with Crippen molar-refractivity contribution in [3.8, 4) is 17.1 Å². The van der Waals surface area contributed by atoms with Gasteiger partial charge in [0.05, 0.1) is 18.2 Å². The number of rotatable bonds is 6. The fourth-order valence-electron chi connectivity index (χ4n) is 4.42. The first-order chi connectivity index (χ1) is 17.4. The molecule has 6 nitrogen and oxygen atoms in total. The third-order valence-electron chi connectivity index (χ3n) is 6.24. The van der Waals surface area contributed by atoms with Crippen LogP contribution in [0.1, 0.15) is 42.5 Å². The number of hydrogen-bond donors (Lipinski definition) is 1. The summed E-state index contributed by atoms with van der Waals surface area (Å²) in [7, 11) is 0. The first kappa shape index (κ1) is 23.8. The maximum absolute atomic E-state index is 5.87. The second-order valence-corrected chi connectivity index (χ2v) is 9.23. The van der Waals surface area contributed by atoms with Crippen LogP contribution in [0.5, 0.6) is 5.75 Å². The van der Waals surface area contributed by atoms with Crippen LogP contribution < -0.4 is 15.0 Å². The molecule has 1 aliphatic rings. The minimum Gasteiger partial charge on any atom is -0.494 e. The van der Waals surface area contributed by atoms with Gasteiger partial charge in [0.2, 0.25) is 5.82 Å². The molecule has 2 heterocycles. The standard InChI is InChI=1S/C29H28N4O2S/c1-5-34-24-15-13-22(14-16-24)27-31-28(35-32-27)25-20(4)33(23-8-6-7-19(3)17-23)29(36)30-26(25)21-11-9-18(2)10-12-21/h6-17,26H,5H2,1-4H3,(H,30,36). The van der Waals surface area contributed by atoms with Gasteiger partial charge in [0.25, 0.3) is 5.89 Å². The van der Waals surface area contributed by atoms with Gasteiger partial charge in [-0.15, -0.1) is 0 Å². The van der Waals surface area contributed by atoms with Crippen molar-refractivity contribution in [3.05, 3.63) is 101 Å². The Morgan fingerprint density at radius 2 is 1.72 bits per heavy atom. The van der Waals surface area contributed by atoms with E-state index in [9.17, 15) is 0 Å². The zero-order valence-electron chi connectivity index (χ0n) is 20.8. The molecule has 0 saturated heterocycles. The van der Waals surface area contributed by atoms with E-state index in [0.717, 1.165) is 39.4 Å². The summed E-state index contributed by atoms with van der Waals surface area (Å²) < 4.78 is 11.4. The van der Waals surface area contributed by atoms with E-state index >= 15 is 0 Å². The van der Waals surface area contributed by atoms with Crippen LogP contribution in [0, 0.1) is 13.8 Å². The van der Waals surface area contributed by atoms with Crippen LogP contribution in [0.2, 0.25) is 0 Å². The van der Waals surface area contributed by atoms with Gasteiger partial charge in [0, 0.05) is 16.9 Å². The summed E-state index contributed by atoms with van der Waals surface area (Å²) in [5, 5.41) is 8.45. The van der Waals surface area contributed by atoms with Gasteiger partial charge < -0.3 is 14.6 Å². The Labute approximate surface area is 216 Å². The molecule has 182 valence electrons. The smallest absolute Gasteiger partial charge is 0.258 e. The Morgan fingerprint density at radius 1 is 0.972 bits per heavy atom. The van der Waals surface area contributed by atoms with Crippen LogP contribution >= 0.6 is 12.2 Å². The number of thiocarbonyl (C=S) groups is 1. The van der Waals surface area contributed by atoms with E-state index in [0.29, 0.717) is 23.4 Å². The predicted molar refractivity (Wildman–Crippen MR) is 147 cm³/mol. The van der Waals surface area contributed by atoms with Gasteiger partial charge in [-0.05, 0) is 87.4 Å². The highest BCUT2D eigenvalue weighted by Gasteiger charge is 2.34. The number of benzene rings is 3. The molecule has 0 radical (unpaired) electrons. The zero-order chi connectivity index (χ0) is 25.2. The van der Waals surface area contributed by atoms with Gasteiger partial charge in [-0.25, -0.2) is 0 Å². The lowest BCUT2D eigenvalue weighted by atomic mass is 9.94. The Bertz CT molecular complexity index is 1420. The van der Waals surface area contributed by atoms with Gasteiger partial charge in [-0.1, -0.05) is 47.1 Å². The summed E-state index contributed by atoms with van der Waals surface area (Å²) in [5.74, 6) is 1.78. The topological polar surface area (TPSA) is 63.4 Å². The molecular weight excluding hydrogens is 468 g/mol. The number of aryl methyl sites for hydroxylation is 2. The fraction of sp³-hybridized carbons (Fsp3) is 0.207. The van der Waals surface area contributed by atoms with Crippen LogP contribution in [0.15, 0.2) is 83.0 Å². The highest BCUT2D eigenvalue weighted by molar-refractivity contribution is 7.80. The van der Waals surface area contributed by atoms with Crippen LogP contribution in [0.25, 0.3) is 17.0 Å². The number of hydrogen-bond acceptors (Lipinski definition) is 5. The maximum Gasteiger partial charge on any atom is 0.258 e. The van der Waals surface area contributed by atoms with Gasteiger partial charge in [0.15, 0.2) is 5.11 Å². The van der Waals surface area contributed by atoms with E-state index in [-0.39, 0.29) is 6.04 Å². The quantitative estimate of drug-likeness (QED) is 0.301. The van der Waals surface area contributed by atoms with Gasteiger partial charge in [0.1, 0.15) is 5.75 Å². The molecule has 1 atom stereocenters. The number of ether oxygens (including phenoxy) is 1. The fourth-order valence-corrected chi connectivity index (χ4v) is 4.78. The molecule has 1 N–H and O–H groups in total. The van der Waals surface area contributed by atoms with Crippen molar-refractivity contribution in [2.45, 2.75) is 33.7 Å². The molecular formula is C29H28N4O2S. The molecule has 0 aliphatic carbocycles. The van der Waals surface area contributed by atoms with E-state index in [1.54, 1.807) is 0 Å². The van der Waals surface area contributed by atoms with Gasteiger partial charge in [-0.2, -0.15) is 4.98 Å². The number of allylic oxidation sites excluding steroid dienone is 1. The second kappa shape index (κ2) is 9.95. The first-order valence-electron chi connectivity index (χ1n) is 12.0. The van der Waals surface area contributed by atoms with Crippen molar-refractivity contribution in [2.75, 3.05) is 11.5 Å². The number of nitrogens with one attached hydrogen (secondary N) is 1. The summed E-state index contributed by atoms with van der Waals surface area (Å²) in [6, 6.07) is 24.1. The monoisotopic (exact) mass is 496 g/mol. The van der Waals surface area contributed by atoms with Gasteiger partial charge >= 0.3 is 0 Å². The molecule has 1 aromatic heterocycles. The lowest BCUT2D eigenvalue weighted by Crippen LogP contribution is -2.46. The Balaban J connectivity index is 1.61. The van der Waals surface area contributed by atoms with Crippen molar-refractivity contribution in [3.63, 3.8) is 0 Å². The molecule has 1 unspecified atom stereocenters. The minimum atomic E-state index is -0.229. The summed E-state index contributed by atoms with van der Waals surface area (Å²) >= 11 is 5.85. The Morgan fingerprint density at radius 3 is 2.42 bits per heavy atom. The molecule has 3 aromatic carbocycles. The van der Waals surface area contributed by atoms with Crippen molar-refractivity contribution >= 4 is 28.6 Å². The predicted octanol–water partition coefficient (Wildman–Crippen LogP) is 6.62. The van der Waals surface area contributed by atoms with E-state index in [1.165, 1.54) is 5.56 Å². The van der Waals surface area contributed by atoms with Crippen molar-refractivity contribution < 1.29 is 9.26 Å². The maximum atomic E-state index is 5.87. The summed E-state index contributed by atoms with van der Waals surface area (Å²) in [5.41, 5.74) is 7.08. The van der Waals surface area contributed by atoms with Crippen LogP contribution in [0.4, 0.5) is 5.69 Å². The SMILES string of the molecule is CCOc1ccc(-c2noc(C3=C(C)N(c4cccc(C)c4)C(=S)NC3c3ccc(C)cc3)n2)cc1. The van der Waals surface area contributed by atoms with Crippen molar-refractivity contribution in [1.29, 1.82) is 0 Å². The van der Waals surface area contributed by atoms with Gasteiger partial charge in [-0.3, -0.25) is 4.90 Å². The molecule has 0 saturated carbocycles. The van der Waals surface area contributed by atoms with E-state index in [2.05, 4.69) is 60.7 Å². The van der Waals surface area contributed by atoms with E-state index in [4.69, 9.17) is 26.5 Å². The van der Waals surface area contributed by atoms with Crippen LogP contribution in [-0.4, -0.2) is 21.9 Å². The molecule has 4 aromatic rings. The minimum absolute atomic E-state index is 0.229. The third kappa shape index (κ3) is 4.62. The van der Waals surface area contributed by atoms with Crippen LogP contribution in [-0.2, 0) is 0 Å². The zero-order valence-corrected chi connectivity index (χ0v) is 21.6. The Kier molecular flexibility index (Phi) is 6.57.